The van der Waals surface area contributed by atoms with Gasteiger partial charge in [0.1, 0.15) is 31.0 Å². The number of carbonyl (C=O) groups is 1. The number of nitrogen functional groups attached to an aromatic ring is 1. The molecule has 1 saturated heterocycles. The second-order valence-electron chi connectivity index (χ2n) is 6.94. The summed E-state index contributed by atoms with van der Waals surface area (Å²) in [5.41, 5.74) is 7.11. The number of rotatable bonds is 6. The van der Waals surface area contributed by atoms with E-state index in [1.54, 1.807) is 17.2 Å². The molecule has 0 radical (unpaired) electrons. The second kappa shape index (κ2) is 8.58. The van der Waals surface area contributed by atoms with Crippen LogP contribution in [0.15, 0.2) is 30.7 Å². The minimum atomic E-state index is -1.15. The van der Waals surface area contributed by atoms with Crippen LogP contribution < -0.4 is 20.7 Å². The molecule has 1 aliphatic rings. The van der Waals surface area contributed by atoms with Crippen LogP contribution in [-0.4, -0.2) is 58.7 Å². The zero-order valence-corrected chi connectivity index (χ0v) is 16.7. The van der Waals surface area contributed by atoms with Crippen molar-refractivity contribution < 1.29 is 23.0 Å². The molecule has 1 amide bonds. The van der Waals surface area contributed by atoms with Crippen molar-refractivity contribution in [1.82, 2.24) is 24.9 Å². The van der Waals surface area contributed by atoms with E-state index in [4.69, 9.17) is 15.2 Å². The van der Waals surface area contributed by atoms with Crippen LogP contribution >= 0.6 is 0 Å². The minimum Gasteiger partial charge on any atom is -0.474 e. The van der Waals surface area contributed by atoms with E-state index in [2.05, 4.69) is 20.4 Å². The van der Waals surface area contributed by atoms with Crippen molar-refractivity contribution in [3.05, 3.63) is 42.1 Å². The van der Waals surface area contributed by atoms with Gasteiger partial charge in [-0.2, -0.15) is 5.10 Å². The number of anilines is 2. The van der Waals surface area contributed by atoms with Gasteiger partial charge >= 0.3 is 6.09 Å². The van der Waals surface area contributed by atoms with E-state index in [1.807, 2.05) is 0 Å². The number of halogens is 2. The number of hydrogen-bond acceptors (Lipinski definition) is 8. The normalized spacial score (nSPS) is 18.4. The fourth-order valence-electron chi connectivity index (χ4n) is 3.52. The van der Waals surface area contributed by atoms with Crippen molar-refractivity contribution in [2.24, 2.45) is 0 Å². The fourth-order valence-corrected chi connectivity index (χ4v) is 3.52. The van der Waals surface area contributed by atoms with Gasteiger partial charge in [0.2, 0.25) is 5.88 Å². The highest BCUT2D eigenvalue weighted by molar-refractivity contribution is 5.66. The monoisotopic (exact) mass is 433 g/mol. The van der Waals surface area contributed by atoms with Crippen LogP contribution in [-0.2, 0) is 4.74 Å². The van der Waals surface area contributed by atoms with E-state index in [0.717, 1.165) is 6.20 Å². The molecule has 3 aromatic rings. The Bertz CT molecular complexity index is 1090. The summed E-state index contributed by atoms with van der Waals surface area (Å²) < 4.78 is 40.5. The molecule has 4 rings (SSSR count). The number of nitrogens with two attached hydrogens (primary N) is 1. The van der Waals surface area contributed by atoms with Gasteiger partial charge in [-0.3, -0.25) is 0 Å². The van der Waals surface area contributed by atoms with Crippen molar-refractivity contribution in [3.63, 3.8) is 0 Å². The molecule has 0 saturated carbocycles. The van der Waals surface area contributed by atoms with Crippen LogP contribution in [0.25, 0.3) is 5.65 Å². The van der Waals surface area contributed by atoms with Gasteiger partial charge < -0.3 is 25.4 Å². The Morgan fingerprint density at radius 2 is 2.23 bits per heavy atom. The van der Waals surface area contributed by atoms with Crippen LogP contribution in [0.5, 0.6) is 5.88 Å². The second-order valence-corrected chi connectivity index (χ2v) is 6.94. The Morgan fingerprint density at radius 3 is 3.03 bits per heavy atom. The number of fused-ring (bicyclic) bond motifs is 1. The first-order valence-corrected chi connectivity index (χ1v) is 9.59. The first-order chi connectivity index (χ1) is 15.0. The molecule has 3 N–H and O–H groups in total. The number of ether oxygens (including phenoxy) is 2. The fraction of sp³-hybridized carbons (Fsp3) is 0.368. The molecule has 1 aliphatic heterocycles. The summed E-state index contributed by atoms with van der Waals surface area (Å²) in [5.74, 6) is 0.0358. The van der Waals surface area contributed by atoms with Gasteiger partial charge in [-0.15, -0.1) is 0 Å². The molecule has 0 unspecified atom stereocenters. The molecule has 31 heavy (non-hydrogen) atoms. The van der Waals surface area contributed by atoms with Crippen molar-refractivity contribution in [3.8, 4) is 5.88 Å². The van der Waals surface area contributed by atoms with Gasteiger partial charge in [-0.25, -0.2) is 28.1 Å². The highest BCUT2D eigenvalue weighted by Crippen LogP contribution is 2.40. The third-order valence-corrected chi connectivity index (χ3v) is 4.89. The largest absolute Gasteiger partial charge is 0.474 e. The minimum absolute atomic E-state index is 0.00138. The number of nitrogens with one attached hydrogen (secondary N) is 1. The van der Waals surface area contributed by atoms with E-state index in [1.165, 1.54) is 23.8 Å². The number of amides is 1. The molecule has 0 bridgehead atoms. The summed E-state index contributed by atoms with van der Waals surface area (Å²) in [6, 6.07) is 2.39. The Kier molecular flexibility index (Phi) is 5.69. The summed E-state index contributed by atoms with van der Waals surface area (Å²) in [7, 11) is 1.44. The van der Waals surface area contributed by atoms with E-state index < -0.39 is 24.1 Å². The number of alkyl halides is 1. The summed E-state index contributed by atoms with van der Waals surface area (Å²) in [6.45, 7) is 0.0377. The molecule has 12 heteroatoms. The van der Waals surface area contributed by atoms with Gasteiger partial charge in [0, 0.05) is 25.2 Å². The number of aromatic nitrogens is 4. The highest BCUT2D eigenvalue weighted by atomic mass is 19.1. The molecule has 0 spiro atoms. The van der Waals surface area contributed by atoms with E-state index in [9.17, 15) is 13.6 Å². The molecule has 0 aliphatic carbocycles. The number of hydrogen-bond donors (Lipinski definition) is 2. The summed E-state index contributed by atoms with van der Waals surface area (Å²) in [6.07, 6.45) is 2.53. The van der Waals surface area contributed by atoms with Crippen molar-refractivity contribution in [1.29, 1.82) is 0 Å². The lowest BCUT2D eigenvalue weighted by atomic mass is 10.1. The van der Waals surface area contributed by atoms with Gasteiger partial charge in [0.15, 0.2) is 5.65 Å². The van der Waals surface area contributed by atoms with Crippen molar-refractivity contribution >= 4 is 23.2 Å². The van der Waals surface area contributed by atoms with Crippen molar-refractivity contribution in [2.45, 2.75) is 18.6 Å². The van der Waals surface area contributed by atoms with Crippen molar-refractivity contribution in [2.75, 3.05) is 37.4 Å². The Labute approximate surface area is 176 Å². The van der Waals surface area contributed by atoms with Gasteiger partial charge in [0.25, 0.3) is 0 Å². The Morgan fingerprint density at radius 1 is 1.39 bits per heavy atom. The average Bonchev–Trinajstić information content (AvgIpc) is 3.34. The van der Waals surface area contributed by atoms with Gasteiger partial charge in [-0.05, 0) is 12.1 Å². The zero-order valence-electron chi connectivity index (χ0n) is 16.7. The number of alkyl carbamates (subject to hydrolysis) is 1. The standard InChI is InChI=1S/C19H21F2N7O3/c1-23-19(29)31-5-4-30-18-13(6-11(20)8-24-18)15-7-12(21)10-27(15)16-2-3-28-17(26-16)14(22)9-25-28/h2-3,6,8-9,12,15H,4-5,7,10,22H2,1H3,(H,23,29)/t12-,15+/m0/s1. The predicted octanol–water partition coefficient (Wildman–Crippen LogP) is 1.87. The first-order valence-electron chi connectivity index (χ1n) is 9.59. The summed E-state index contributed by atoms with van der Waals surface area (Å²) in [4.78, 5) is 21.4. The quantitative estimate of drug-likeness (QED) is 0.566. The van der Waals surface area contributed by atoms with E-state index >= 15 is 0 Å². The molecule has 4 heterocycles. The smallest absolute Gasteiger partial charge is 0.406 e. The highest BCUT2D eigenvalue weighted by Gasteiger charge is 2.36. The maximum absolute atomic E-state index is 14.5. The summed E-state index contributed by atoms with van der Waals surface area (Å²) >= 11 is 0. The zero-order chi connectivity index (χ0) is 22.0. The van der Waals surface area contributed by atoms with Crippen LogP contribution in [0, 0.1) is 5.82 Å². The molecule has 2 atom stereocenters. The number of nitrogens with zero attached hydrogens (tertiary/aromatic N) is 5. The predicted molar refractivity (Wildman–Crippen MR) is 107 cm³/mol. The molecule has 0 aromatic carbocycles. The topological polar surface area (TPSA) is 120 Å². The Balaban J connectivity index is 1.60. The lowest BCUT2D eigenvalue weighted by Crippen LogP contribution is -2.26. The molecular weight excluding hydrogens is 412 g/mol. The van der Waals surface area contributed by atoms with Crippen LogP contribution in [0.4, 0.5) is 25.1 Å². The van der Waals surface area contributed by atoms with E-state index in [0.29, 0.717) is 22.7 Å². The molecular formula is C19H21F2N7O3. The maximum Gasteiger partial charge on any atom is 0.406 e. The summed E-state index contributed by atoms with van der Waals surface area (Å²) in [5, 5.41) is 6.40. The lowest BCUT2D eigenvalue weighted by molar-refractivity contribution is 0.125. The first kappa shape index (κ1) is 20.6. The van der Waals surface area contributed by atoms with Gasteiger partial charge in [-0.1, -0.05) is 0 Å². The molecule has 164 valence electrons. The van der Waals surface area contributed by atoms with E-state index in [-0.39, 0.29) is 32.1 Å². The molecule has 1 fully saturated rings. The van der Waals surface area contributed by atoms with Crippen LogP contribution in [0.1, 0.15) is 18.0 Å². The van der Waals surface area contributed by atoms with Gasteiger partial charge in [0.05, 0.1) is 30.7 Å². The third kappa shape index (κ3) is 4.27. The lowest BCUT2D eigenvalue weighted by Gasteiger charge is -2.26. The van der Waals surface area contributed by atoms with Crippen LogP contribution in [0.3, 0.4) is 0 Å². The van der Waals surface area contributed by atoms with Crippen LogP contribution in [0.2, 0.25) is 0 Å². The SMILES string of the molecule is CNC(=O)OCCOc1ncc(F)cc1[C@H]1C[C@H](F)CN1c1ccn2ncc(N)c2n1. The average molecular weight is 433 g/mol. The number of carbonyl (C=O) groups excluding carboxylic acids is 1. The third-order valence-electron chi connectivity index (χ3n) is 4.89. The number of pyridine rings is 1. The Hall–Kier alpha value is -3.70. The molecule has 10 nitrogen and oxygen atoms in total. The molecule has 3 aromatic heterocycles. The maximum atomic E-state index is 14.5.